The molecule has 10 nitrogen and oxygen atoms in total. The Morgan fingerprint density at radius 3 is 2.39 bits per heavy atom. The normalized spacial score (nSPS) is 15.1. The number of esters is 2. The first kappa shape index (κ1) is 27.3. The molecule has 0 amide bonds. The summed E-state index contributed by atoms with van der Waals surface area (Å²) in [4.78, 5) is 32.4. The maximum Gasteiger partial charge on any atom is 0.355 e. The lowest BCUT2D eigenvalue weighted by atomic mass is 9.81. The lowest BCUT2D eigenvalue weighted by molar-refractivity contribution is -0.139. The number of oxazole rings is 1. The summed E-state index contributed by atoms with van der Waals surface area (Å²) >= 11 is 6.28. The summed E-state index contributed by atoms with van der Waals surface area (Å²) in [5, 5.41) is 10.6. The third-order valence-electron chi connectivity index (χ3n) is 6.64. The van der Waals surface area contributed by atoms with E-state index in [1.807, 2.05) is 0 Å². The van der Waals surface area contributed by atoms with Crippen molar-refractivity contribution < 1.29 is 28.2 Å². The zero-order chi connectivity index (χ0) is 29.3. The van der Waals surface area contributed by atoms with Crippen molar-refractivity contribution in [3.63, 3.8) is 0 Å². The average molecular weight is 571 g/mol. The van der Waals surface area contributed by atoms with E-state index < -0.39 is 17.9 Å². The Kier molecular flexibility index (Phi) is 7.38. The van der Waals surface area contributed by atoms with Crippen LogP contribution in [0.3, 0.4) is 0 Å². The van der Waals surface area contributed by atoms with Crippen molar-refractivity contribution in [1.82, 2.24) is 4.98 Å². The molecule has 1 atom stereocenters. The van der Waals surface area contributed by atoms with Crippen LogP contribution in [0.2, 0.25) is 5.02 Å². The predicted molar refractivity (Wildman–Crippen MR) is 151 cm³/mol. The standard InChI is InChI=1S/C30H23ClN4O6/c1-38-22-11-9-17(13-20(22)31)28-34-21-14-18(10-12-23(21)41-28)35-26(30(37)40-3)25(29(36)39-2)24(19(15-32)27(35)33)16-7-5-4-6-8-16/h4-14,24H,33H2,1-3H3. The maximum absolute atomic E-state index is 13.3. The molecular formula is C30H23ClN4O6. The lowest BCUT2D eigenvalue weighted by Crippen LogP contribution is -2.40. The molecule has 11 heteroatoms. The number of anilines is 1. The van der Waals surface area contributed by atoms with Crippen molar-refractivity contribution in [2.24, 2.45) is 5.73 Å². The van der Waals surface area contributed by atoms with Crippen LogP contribution >= 0.6 is 11.6 Å². The number of halogens is 1. The molecule has 0 fully saturated rings. The topological polar surface area (TPSA) is 141 Å². The molecule has 0 aliphatic carbocycles. The highest BCUT2D eigenvalue weighted by atomic mass is 35.5. The minimum atomic E-state index is -0.971. The second kappa shape index (κ2) is 11.1. The van der Waals surface area contributed by atoms with Gasteiger partial charge in [0.25, 0.3) is 0 Å². The number of nitrogens with zero attached hydrogens (tertiary/aromatic N) is 3. The fourth-order valence-electron chi connectivity index (χ4n) is 4.76. The highest BCUT2D eigenvalue weighted by molar-refractivity contribution is 6.32. The summed E-state index contributed by atoms with van der Waals surface area (Å²) in [6.07, 6.45) is 0. The van der Waals surface area contributed by atoms with Crippen molar-refractivity contribution in [3.05, 3.63) is 100.0 Å². The molecule has 1 aromatic heterocycles. The van der Waals surface area contributed by atoms with Gasteiger partial charge in [-0.1, -0.05) is 41.9 Å². The molecule has 2 N–H and O–H groups in total. The summed E-state index contributed by atoms with van der Waals surface area (Å²) < 4.78 is 21.3. The van der Waals surface area contributed by atoms with E-state index in [4.69, 9.17) is 36.0 Å². The van der Waals surface area contributed by atoms with Crippen molar-refractivity contribution in [1.29, 1.82) is 5.26 Å². The number of aromatic nitrogens is 1. The van der Waals surface area contributed by atoms with Gasteiger partial charge in [-0.2, -0.15) is 5.26 Å². The number of nitrogens with two attached hydrogens (primary N) is 1. The number of hydrogen-bond acceptors (Lipinski definition) is 10. The molecule has 1 aliphatic heterocycles. The van der Waals surface area contributed by atoms with E-state index >= 15 is 0 Å². The van der Waals surface area contributed by atoms with Gasteiger partial charge in [0.15, 0.2) is 5.58 Å². The SMILES string of the molecule is COC(=O)C1=C(C(=O)OC)N(c2ccc3oc(-c4ccc(OC)c(Cl)c4)nc3c2)C(N)=C(C#N)C1c1ccccc1. The molecule has 4 aromatic rings. The van der Waals surface area contributed by atoms with E-state index in [9.17, 15) is 14.9 Å². The van der Waals surface area contributed by atoms with Gasteiger partial charge >= 0.3 is 11.9 Å². The van der Waals surface area contributed by atoms with E-state index in [0.29, 0.717) is 44.6 Å². The second-order valence-electron chi connectivity index (χ2n) is 8.86. The molecule has 1 unspecified atom stereocenters. The molecule has 0 saturated heterocycles. The molecular weight excluding hydrogens is 548 g/mol. The van der Waals surface area contributed by atoms with Crippen LogP contribution in [0.15, 0.2) is 93.8 Å². The van der Waals surface area contributed by atoms with Gasteiger partial charge in [0.05, 0.1) is 55.2 Å². The number of fused-ring (bicyclic) bond motifs is 1. The number of carbonyl (C=O) groups is 2. The minimum absolute atomic E-state index is 0.0538. The van der Waals surface area contributed by atoms with Crippen LogP contribution in [0.25, 0.3) is 22.6 Å². The molecule has 3 aromatic carbocycles. The van der Waals surface area contributed by atoms with E-state index in [-0.39, 0.29) is 22.7 Å². The molecule has 2 heterocycles. The van der Waals surface area contributed by atoms with E-state index in [1.165, 1.54) is 26.2 Å². The maximum atomic E-state index is 13.3. The molecule has 1 aliphatic rings. The number of hydrogen-bond donors (Lipinski definition) is 1. The average Bonchev–Trinajstić information content (AvgIpc) is 3.43. The molecule has 0 spiro atoms. The Hall–Kier alpha value is -5.27. The van der Waals surface area contributed by atoms with E-state index in [2.05, 4.69) is 11.1 Å². The first-order chi connectivity index (χ1) is 19.8. The van der Waals surface area contributed by atoms with Gasteiger partial charge in [0.2, 0.25) is 5.89 Å². The first-order valence-electron chi connectivity index (χ1n) is 12.2. The van der Waals surface area contributed by atoms with Gasteiger partial charge < -0.3 is 24.4 Å². The van der Waals surface area contributed by atoms with Gasteiger partial charge in [-0.05, 0) is 42.0 Å². The smallest absolute Gasteiger partial charge is 0.355 e. The number of nitriles is 1. The zero-order valence-corrected chi connectivity index (χ0v) is 22.9. The number of allylic oxidation sites excluding steroid dienone is 1. The summed E-state index contributed by atoms with van der Waals surface area (Å²) in [5.41, 5.74) is 8.75. The molecule has 0 radical (unpaired) electrons. The number of benzene rings is 3. The zero-order valence-electron chi connectivity index (χ0n) is 22.2. The Labute approximate surface area is 239 Å². The summed E-state index contributed by atoms with van der Waals surface area (Å²) in [5.74, 6) is -1.89. The highest BCUT2D eigenvalue weighted by Crippen LogP contribution is 2.43. The predicted octanol–water partition coefficient (Wildman–Crippen LogP) is 5.05. The van der Waals surface area contributed by atoms with Crippen LogP contribution in [-0.2, 0) is 19.1 Å². The summed E-state index contributed by atoms with van der Waals surface area (Å²) in [7, 11) is 3.90. The van der Waals surface area contributed by atoms with Crippen LogP contribution < -0.4 is 15.4 Å². The molecule has 0 saturated carbocycles. The van der Waals surface area contributed by atoms with Gasteiger partial charge in [-0.3, -0.25) is 4.90 Å². The van der Waals surface area contributed by atoms with Crippen molar-refractivity contribution in [2.45, 2.75) is 5.92 Å². The summed E-state index contributed by atoms with van der Waals surface area (Å²) in [6, 6.07) is 20.9. The second-order valence-corrected chi connectivity index (χ2v) is 9.26. The molecule has 0 bridgehead atoms. The van der Waals surface area contributed by atoms with E-state index in [0.717, 1.165) is 0 Å². The number of methoxy groups -OCH3 is 3. The largest absolute Gasteiger partial charge is 0.495 e. The number of rotatable bonds is 6. The Morgan fingerprint density at radius 2 is 1.76 bits per heavy atom. The molecule has 41 heavy (non-hydrogen) atoms. The Morgan fingerprint density at radius 1 is 1.02 bits per heavy atom. The van der Waals surface area contributed by atoms with Crippen LogP contribution in [0, 0.1) is 11.3 Å². The van der Waals surface area contributed by atoms with Crippen LogP contribution in [0.5, 0.6) is 5.75 Å². The summed E-state index contributed by atoms with van der Waals surface area (Å²) in [6.45, 7) is 0. The molecule has 5 rings (SSSR count). The van der Waals surface area contributed by atoms with Gasteiger partial charge in [0.1, 0.15) is 22.8 Å². The van der Waals surface area contributed by atoms with Crippen molar-refractivity contribution in [3.8, 4) is 23.3 Å². The molecule has 206 valence electrons. The first-order valence-corrected chi connectivity index (χ1v) is 12.6. The van der Waals surface area contributed by atoms with Gasteiger partial charge in [0, 0.05) is 5.56 Å². The van der Waals surface area contributed by atoms with Crippen molar-refractivity contribution >= 4 is 40.3 Å². The van der Waals surface area contributed by atoms with Gasteiger partial charge in [-0.25, -0.2) is 14.6 Å². The van der Waals surface area contributed by atoms with Gasteiger partial charge in [-0.15, -0.1) is 0 Å². The Bertz CT molecular complexity index is 1790. The number of ether oxygens (including phenoxy) is 3. The van der Waals surface area contributed by atoms with Crippen molar-refractivity contribution in [2.75, 3.05) is 26.2 Å². The van der Waals surface area contributed by atoms with Crippen LogP contribution in [0.4, 0.5) is 5.69 Å². The Balaban J connectivity index is 1.71. The highest BCUT2D eigenvalue weighted by Gasteiger charge is 2.43. The van der Waals surface area contributed by atoms with Crippen LogP contribution in [-0.4, -0.2) is 38.3 Å². The lowest BCUT2D eigenvalue weighted by Gasteiger charge is -2.35. The minimum Gasteiger partial charge on any atom is -0.495 e. The third kappa shape index (κ3) is 4.73. The fourth-order valence-corrected chi connectivity index (χ4v) is 5.02. The number of carbonyl (C=O) groups excluding carboxylic acids is 2. The fraction of sp³-hybridized carbons (Fsp3) is 0.133. The van der Waals surface area contributed by atoms with Crippen LogP contribution in [0.1, 0.15) is 11.5 Å². The van der Waals surface area contributed by atoms with E-state index in [1.54, 1.807) is 66.7 Å². The third-order valence-corrected chi connectivity index (χ3v) is 6.93. The monoisotopic (exact) mass is 570 g/mol. The quantitative estimate of drug-likeness (QED) is 0.313.